The average Bonchev–Trinajstić information content (AvgIpc) is 3.14. The standard InChI is InChI=1S/C18H18N2O6S/c1-2-3-11-19(12-14-7-6-9-16-18(14)26-13-25-16)27(23,24)17-10-5-4-8-15(17)20(21)22/h2,4-10H,1,3,11-13H2. The van der Waals surface area contributed by atoms with Crippen LogP contribution in [0.5, 0.6) is 11.5 Å². The molecule has 9 heteroatoms. The van der Waals surface area contributed by atoms with E-state index in [1.807, 2.05) is 0 Å². The van der Waals surface area contributed by atoms with Crippen molar-refractivity contribution in [2.45, 2.75) is 17.9 Å². The van der Waals surface area contributed by atoms with Crippen LogP contribution in [0.4, 0.5) is 5.69 Å². The number of nitro groups is 1. The van der Waals surface area contributed by atoms with E-state index in [0.717, 1.165) is 0 Å². The Bertz CT molecular complexity index is 974. The molecule has 0 fully saturated rings. The summed E-state index contributed by atoms with van der Waals surface area (Å²) in [4.78, 5) is 10.2. The normalized spacial score (nSPS) is 12.9. The zero-order valence-electron chi connectivity index (χ0n) is 14.4. The molecule has 0 radical (unpaired) electrons. The van der Waals surface area contributed by atoms with Crippen molar-refractivity contribution in [3.8, 4) is 11.5 Å². The Morgan fingerprint density at radius 3 is 2.70 bits per heavy atom. The number of ether oxygens (including phenoxy) is 2. The van der Waals surface area contributed by atoms with Crippen molar-refractivity contribution in [1.29, 1.82) is 0 Å². The fraction of sp³-hybridized carbons (Fsp3) is 0.222. The molecule has 0 aliphatic carbocycles. The molecular weight excluding hydrogens is 372 g/mol. The SMILES string of the molecule is C=CCCN(Cc1cccc2c1OCO2)S(=O)(=O)c1ccccc1[N+](=O)[O-]. The highest BCUT2D eigenvalue weighted by Gasteiger charge is 2.32. The van der Waals surface area contributed by atoms with Crippen molar-refractivity contribution >= 4 is 15.7 Å². The molecular formula is C18H18N2O6S. The Kier molecular flexibility index (Phi) is 5.43. The van der Waals surface area contributed by atoms with Crippen LogP contribution < -0.4 is 9.47 Å². The van der Waals surface area contributed by atoms with E-state index in [1.54, 1.807) is 24.3 Å². The monoisotopic (exact) mass is 390 g/mol. The fourth-order valence-corrected chi connectivity index (χ4v) is 4.38. The van der Waals surface area contributed by atoms with Gasteiger partial charge in [-0.1, -0.05) is 30.3 Å². The van der Waals surface area contributed by atoms with Gasteiger partial charge < -0.3 is 9.47 Å². The van der Waals surface area contributed by atoms with Crippen molar-refractivity contribution in [3.05, 3.63) is 70.8 Å². The van der Waals surface area contributed by atoms with Crippen LogP contribution >= 0.6 is 0 Å². The van der Waals surface area contributed by atoms with Gasteiger partial charge in [-0.15, -0.1) is 6.58 Å². The molecule has 2 aromatic rings. The van der Waals surface area contributed by atoms with Crippen LogP contribution in [0, 0.1) is 10.1 Å². The smallest absolute Gasteiger partial charge is 0.289 e. The summed E-state index contributed by atoms with van der Waals surface area (Å²) < 4.78 is 38.3. The summed E-state index contributed by atoms with van der Waals surface area (Å²) in [5.74, 6) is 1.03. The lowest BCUT2D eigenvalue weighted by molar-refractivity contribution is -0.387. The molecule has 0 unspecified atom stereocenters. The minimum Gasteiger partial charge on any atom is -0.454 e. The van der Waals surface area contributed by atoms with Crippen molar-refractivity contribution in [2.24, 2.45) is 0 Å². The third kappa shape index (κ3) is 3.79. The molecule has 0 bridgehead atoms. The molecule has 1 aliphatic heterocycles. The van der Waals surface area contributed by atoms with Gasteiger partial charge in [0.25, 0.3) is 5.69 Å². The Morgan fingerprint density at radius 1 is 1.19 bits per heavy atom. The third-order valence-electron chi connectivity index (χ3n) is 4.09. The number of benzene rings is 2. The molecule has 2 aromatic carbocycles. The molecule has 3 rings (SSSR count). The summed E-state index contributed by atoms with van der Waals surface area (Å²) in [5.41, 5.74) is 0.162. The Morgan fingerprint density at radius 2 is 1.96 bits per heavy atom. The summed E-state index contributed by atoms with van der Waals surface area (Å²) in [6.07, 6.45) is 1.99. The maximum Gasteiger partial charge on any atom is 0.289 e. The zero-order valence-corrected chi connectivity index (χ0v) is 15.2. The highest BCUT2D eigenvalue weighted by molar-refractivity contribution is 7.89. The number of para-hydroxylation sites is 2. The highest BCUT2D eigenvalue weighted by atomic mass is 32.2. The third-order valence-corrected chi connectivity index (χ3v) is 5.98. The Labute approximate surface area is 156 Å². The van der Waals surface area contributed by atoms with E-state index in [0.29, 0.717) is 23.5 Å². The molecule has 8 nitrogen and oxygen atoms in total. The number of hydrogen-bond acceptors (Lipinski definition) is 6. The van der Waals surface area contributed by atoms with Gasteiger partial charge in [0, 0.05) is 24.7 Å². The van der Waals surface area contributed by atoms with Crippen LogP contribution in [-0.2, 0) is 16.6 Å². The van der Waals surface area contributed by atoms with Gasteiger partial charge in [-0.3, -0.25) is 10.1 Å². The van der Waals surface area contributed by atoms with E-state index >= 15 is 0 Å². The van der Waals surface area contributed by atoms with Gasteiger partial charge in [0.2, 0.25) is 16.8 Å². The molecule has 0 atom stereocenters. The zero-order chi connectivity index (χ0) is 19.4. The summed E-state index contributed by atoms with van der Waals surface area (Å²) in [7, 11) is -4.12. The average molecular weight is 390 g/mol. The molecule has 0 aromatic heterocycles. The number of nitro benzene ring substituents is 1. The van der Waals surface area contributed by atoms with Crippen LogP contribution in [0.15, 0.2) is 60.0 Å². The van der Waals surface area contributed by atoms with Gasteiger partial charge in [-0.2, -0.15) is 4.31 Å². The molecule has 0 saturated heterocycles. The van der Waals surface area contributed by atoms with E-state index in [1.165, 1.54) is 28.6 Å². The van der Waals surface area contributed by atoms with E-state index in [9.17, 15) is 18.5 Å². The predicted molar refractivity (Wildman–Crippen MR) is 98.1 cm³/mol. The van der Waals surface area contributed by atoms with Crippen LogP contribution in [0.2, 0.25) is 0 Å². The fourth-order valence-electron chi connectivity index (χ4n) is 2.79. The summed E-state index contributed by atoms with van der Waals surface area (Å²) in [5, 5.41) is 11.3. The number of hydrogen-bond donors (Lipinski definition) is 0. The number of sulfonamides is 1. The lowest BCUT2D eigenvalue weighted by Gasteiger charge is -2.22. The molecule has 1 aliphatic rings. The first-order valence-electron chi connectivity index (χ1n) is 8.17. The molecule has 1 heterocycles. The number of nitrogens with zero attached hydrogens (tertiary/aromatic N) is 2. The quantitative estimate of drug-likeness (QED) is 0.390. The first-order valence-corrected chi connectivity index (χ1v) is 9.61. The molecule has 0 N–H and O–H groups in total. The highest BCUT2D eigenvalue weighted by Crippen LogP contribution is 2.37. The Hall–Kier alpha value is -2.91. The Balaban J connectivity index is 2.01. The van der Waals surface area contributed by atoms with E-state index in [2.05, 4.69) is 6.58 Å². The van der Waals surface area contributed by atoms with E-state index in [-0.39, 0.29) is 24.8 Å². The lowest BCUT2D eigenvalue weighted by Crippen LogP contribution is -2.32. The first kappa shape index (κ1) is 18.9. The number of rotatable bonds is 8. The molecule has 0 spiro atoms. The molecule has 0 amide bonds. The summed E-state index contributed by atoms with van der Waals surface area (Å²) in [6, 6.07) is 10.5. The van der Waals surface area contributed by atoms with Crippen LogP contribution in [0.25, 0.3) is 0 Å². The summed E-state index contributed by atoms with van der Waals surface area (Å²) in [6.45, 7) is 3.81. The van der Waals surface area contributed by atoms with Crippen LogP contribution in [0.3, 0.4) is 0 Å². The molecule has 0 saturated carbocycles. The van der Waals surface area contributed by atoms with Gasteiger partial charge in [0.1, 0.15) is 0 Å². The van der Waals surface area contributed by atoms with Gasteiger partial charge in [-0.25, -0.2) is 8.42 Å². The maximum absolute atomic E-state index is 13.2. The van der Waals surface area contributed by atoms with Crippen molar-refractivity contribution < 1.29 is 22.8 Å². The van der Waals surface area contributed by atoms with Crippen molar-refractivity contribution in [1.82, 2.24) is 4.31 Å². The maximum atomic E-state index is 13.2. The van der Waals surface area contributed by atoms with Gasteiger partial charge in [-0.05, 0) is 18.6 Å². The van der Waals surface area contributed by atoms with Crippen LogP contribution in [0.1, 0.15) is 12.0 Å². The van der Waals surface area contributed by atoms with Gasteiger partial charge >= 0.3 is 0 Å². The topological polar surface area (TPSA) is 99.0 Å². The van der Waals surface area contributed by atoms with Crippen molar-refractivity contribution in [3.63, 3.8) is 0 Å². The van der Waals surface area contributed by atoms with Gasteiger partial charge in [0.15, 0.2) is 16.4 Å². The second-order valence-corrected chi connectivity index (χ2v) is 7.70. The number of fused-ring (bicyclic) bond motifs is 1. The lowest BCUT2D eigenvalue weighted by atomic mass is 10.2. The van der Waals surface area contributed by atoms with Gasteiger partial charge in [0.05, 0.1) is 4.92 Å². The summed E-state index contributed by atoms with van der Waals surface area (Å²) >= 11 is 0. The first-order chi connectivity index (χ1) is 12.9. The molecule has 142 valence electrons. The van der Waals surface area contributed by atoms with Crippen LogP contribution in [-0.4, -0.2) is 31.0 Å². The molecule has 27 heavy (non-hydrogen) atoms. The van der Waals surface area contributed by atoms with E-state index in [4.69, 9.17) is 9.47 Å². The second kappa shape index (κ2) is 7.77. The van der Waals surface area contributed by atoms with E-state index < -0.39 is 20.6 Å². The minimum atomic E-state index is -4.12. The largest absolute Gasteiger partial charge is 0.454 e. The predicted octanol–water partition coefficient (Wildman–Crippen LogP) is 3.09. The van der Waals surface area contributed by atoms with Crippen molar-refractivity contribution in [2.75, 3.05) is 13.3 Å². The minimum absolute atomic E-state index is 0.00520. The second-order valence-electron chi connectivity index (χ2n) is 5.79.